The lowest BCUT2D eigenvalue weighted by molar-refractivity contribution is -0.129. The molecule has 1 aliphatic heterocycles. The first-order chi connectivity index (χ1) is 8.77. The van der Waals surface area contributed by atoms with Gasteiger partial charge in [0.05, 0.1) is 6.10 Å². The largest absolute Gasteiger partial charge is 0.369 e. The summed E-state index contributed by atoms with van der Waals surface area (Å²) < 4.78 is 5.27. The third-order valence-corrected chi connectivity index (χ3v) is 3.52. The molecule has 6 nitrogen and oxygen atoms in total. The van der Waals surface area contributed by atoms with E-state index in [1.165, 1.54) is 0 Å². The number of nitrogens with one attached hydrogen (secondary N) is 1. The molecule has 0 spiro atoms. The lowest BCUT2D eigenvalue weighted by Crippen LogP contribution is -2.45. The number of rotatable bonds is 6. The van der Waals surface area contributed by atoms with E-state index in [1.807, 2.05) is 6.92 Å². The Balaban J connectivity index is 2.47. The van der Waals surface area contributed by atoms with Crippen LogP contribution in [0.1, 0.15) is 40.0 Å². The van der Waals surface area contributed by atoms with Gasteiger partial charge in [-0.1, -0.05) is 20.8 Å². The van der Waals surface area contributed by atoms with Crippen LogP contribution in [0.25, 0.3) is 0 Å². The molecule has 2 atom stereocenters. The van der Waals surface area contributed by atoms with Crippen molar-refractivity contribution >= 4 is 17.6 Å². The van der Waals surface area contributed by atoms with E-state index in [0.29, 0.717) is 12.8 Å². The van der Waals surface area contributed by atoms with Gasteiger partial charge in [0.2, 0.25) is 11.8 Å². The van der Waals surface area contributed by atoms with E-state index in [1.54, 1.807) is 13.8 Å². The molecule has 0 aromatic rings. The molecule has 0 radical (unpaired) electrons. The van der Waals surface area contributed by atoms with Crippen molar-refractivity contribution in [3.8, 4) is 0 Å². The number of carbonyl (C=O) groups is 3. The molecule has 1 heterocycles. The monoisotopic (exact) mass is 270 g/mol. The zero-order chi connectivity index (χ0) is 14.6. The molecule has 1 saturated heterocycles. The summed E-state index contributed by atoms with van der Waals surface area (Å²) in [5.74, 6) is -0.794. The molecule has 6 heteroatoms. The number of ketones is 1. The summed E-state index contributed by atoms with van der Waals surface area (Å²) in [7, 11) is 0. The Morgan fingerprint density at radius 1 is 1.47 bits per heavy atom. The average molecular weight is 270 g/mol. The SMILES string of the molecule is CC[C@@H]1OCC(=O)C1NC(=O)CCC(C)(C)C(N)=O. The van der Waals surface area contributed by atoms with Crippen molar-refractivity contribution in [1.29, 1.82) is 0 Å². The van der Waals surface area contributed by atoms with Crippen LogP contribution in [0.15, 0.2) is 0 Å². The molecule has 0 aliphatic carbocycles. The Morgan fingerprint density at radius 3 is 2.63 bits per heavy atom. The van der Waals surface area contributed by atoms with Crippen LogP contribution in [-0.4, -0.2) is 36.4 Å². The highest BCUT2D eigenvalue weighted by Gasteiger charge is 2.36. The van der Waals surface area contributed by atoms with Crippen molar-refractivity contribution < 1.29 is 19.1 Å². The second-order valence-electron chi connectivity index (χ2n) is 5.52. The average Bonchev–Trinajstić information content (AvgIpc) is 2.68. The lowest BCUT2D eigenvalue weighted by Gasteiger charge is -2.21. The second-order valence-corrected chi connectivity index (χ2v) is 5.52. The van der Waals surface area contributed by atoms with Crippen LogP contribution in [0, 0.1) is 5.41 Å². The Kier molecular flexibility index (Phi) is 5.05. The van der Waals surface area contributed by atoms with E-state index in [4.69, 9.17) is 10.5 Å². The van der Waals surface area contributed by atoms with E-state index in [0.717, 1.165) is 0 Å². The summed E-state index contributed by atoms with van der Waals surface area (Å²) in [4.78, 5) is 34.5. The highest BCUT2D eigenvalue weighted by Crippen LogP contribution is 2.21. The fraction of sp³-hybridized carbons (Fsp3) is 0.769. The Morgan fingerprint density at radius 2 is 2.11 bits per heavy atom. The first kappa shape index (κ1) is 15.6. The van der Waals surface area contributed by atoms with Crippen LogP contribution in [0.2, 0.25) is 0 Å². The van der Waals surface area contributed by atoms with Crippen molar-refractivity contribution in [2.24, 2.45) is 11.1 Å². The van der Waals surface area contributed by atoms with Gasteiger partial charge in [-0.3, -0.25) is 14.4 Å². The molecular formula is C13H22N2O4. The van der Waals surface area contributed by atoms with Gasteiger partial charge in [-0.25, -0.2) is 0 Å². The van der Waals surface area contributed by atoms with Gasteiger partial charge in [0.15, 0.2) is 5.78 Å². The molecule has 1 aliphatic rings. The molecule has 1 unspecified atom stereocenters. The predicted molar refractivity (Wildman–Crippen MR) is 69.2 cm³/mol. The summed E-state index contributed by atoms with van der Waals surface area (Å²) in [6, 6.07) is -0.561. The molecule has 108 valence electrons. The maximum atomic E-state index is 11.8. The molecule has 1 fully saturated rings. The predicted octanol–water partition coefficient (Wildman–Crippen LogP) is 0.141. The number of ether oxygens (including phenoxy) is 1. The number of hydrogen-bond donors (Lipinski definition) is 2. The van der Waals surface area contributed by atoms with E-state index >= 15 is 0 Å². The summed E-state index contributed by atoms with van der Waals surface area (Å²) in [6.45, 7) is 5.34. The third kappa shape index (κ3) is 4.02. The van der Waals surface area contributed by atoms with E-state index in [2.05, 4.69) is 5.32 Å². The minimum atomic E-state index is -0.725. The first-order valence-corrected chi connectivity index (χ1v) is 6.51. The zero-order valence-electron chi connectivity index (χ0n) is 11.7. The van der Waals surface area contributed by atoms with Gasteiger partial charge in [0.1, 0.15) is 12.6 Å². The summed E-state index contributed by atoms with van der Waals surface area (Å²) >= 11 is 0. The second kappa shape index (κ2) is 6.14. The summed E-state index contributed by atoms with van der Waals surface area (Å²) in [6.07, 6.45) is 0.937. The molecule has 3 N–H and O–H groups in total. The topological polar surface area (TPSA) is 98.5 Å². The molecule has 0 bridgehead atoms. The fourth-order valence-electron chi connectivity index (χ4n) is 1.90. The third-order valence-electron chi connectivity index (χ3n) is 3.52. The van der Waals surface area contributed by atoms with E-state index in [-0.39, 0.29) is 30.8 Å². The van der Waals surface area contributed by atoms with Crippen molar-refractivity contribution in [2.75, 3.05) is 6.61 Å². The quantitative estimate of drug-likeness (QED) is 0.717. The number of carbonyl (C=O) groups excluding carboxylic acids is 3. The minimum absolute atomic E-state index is 0.0518. The molecule has 19 heavy (non-hydrogen) atoms. The van der Waals surface area contributed by atoms with Gasteiger partial charge >= 0.3 is 0 Å². The van der Waals surface area contributed by atoms with Crippen molar-refractivity contribution in [2.45, 2.75) is 52.2 Å². The fourth-order valence-corrected chi connectivity index (χ4v) is 1.90. The number of hydrogen-bond acceptors (Lipinski definition) is 4. The standard InChI is InChI=1S/C13H22N2O4/c1-4-9-11(8(16)7-19-9)15-10(17)5-6-13(2,3)12(14)18/h9,11H,4-7H2,1-3H3,(H2,14,18)(H,15,17)/t9-,11?/m0/s1. The zero-order valence-corrected chi connectivity index (χ0v) is 11.7. The minimum Gasteiger partial charge on any atom is -0.369 e. The van der Waals surface area contributed by atoms with Crippen LogP contribution in [0.3, 0.4) is 0 Å². The molecule has 0 aromatic heterocycles. The van der Waals surface area contributed by atoms with Gasteiger partial charge in [0.25, 0.3) is 0 Å². The van der Waals surface area contributed by atoms with Gasteiger partial charge in [-0.15, -0.1) is 0 Å². The maximum absolute atomic E-state index is 11.8. The summed E-state index contributed by atoms with van der Waals surface area (Å²) in [5.41, 5.74) is 4.52. The van der Waals surface area contributed by atoms with Crippen LogP contribution < -0.4 is 11.1 Å². The van der Waals surface area contributed by atoms with Crippen molar-refractivity contribution in [3.05, 3.63) is 0 Å². The van der Waals surface area contributed by atoms with Crippen LogP contribution >= 0.6 is 0 Å². The Labute approximate surface area is 113 Å². The first-order valence-electron chi connectivity index (χ1n) is 6.51. The van der Waals surface area contributed by atoms with Crippen LogP contribution in [0.5, 0.6) is 0 Å². The molecule has 0 aromatic carbocycles. The van der Waals surface area contributed by atoms with Crippen molar-refractivity contribution in [1.82, 2.24) is 5.32 Å². The van der Waals surface area contributed by atoms with E-state index < -0.39 is 17.4 Å². The Bertz CT molecular complexity index is 379. The van der Waals surface area contributed by atoms with Crippen molar-refractivity contribution in [3.63, 3.8) is 0 Å². The molecule has 2 amide bonds. The van der Waals surface area contributed by atoms with E-state index in [9.17, 15) is 14.4 Å². The van der Waals surface area contributed by atoms with Gasteiger partial charge < -0.3 is 15.8 Å². The number of amides is 2. The molecule has 1 rings (SSSR count). The van der Waals surface area contributed by atoms with Gasteiger partial charge in [-0.2, -0.15) is 0 Å². The lowest BCUT2D eigenvalue weighted by atomic mass is 9.87. The smallest absolute Gasteiger partial charge is 0.223 e. The molecule has 0 saturated carbocycles. The molecular weight excluding hydrogens is 248 g/mol. The van der Waals surface area contributed by atoms with Gasteiger partial charge in [-0.05, 0) is 12.8 Å². The number of Topliss-reactive ketones (excluding diaryl/α,β-unsaturated/α-hetero) is 1. The van der Waals surface area contributed by atoms with Crippen LogP contribution in [-0.2, 0) is 19.1 Å². The van der Waals surface area contributed by atoms with Gasteiger partial charge in [0, 0.05) is 11.8 Å². The highest BCUT2D eigenvalue weighted by atomic mass is 16.5. The number of primary amides is 1. The highest BCUT2D eigenvalue weighted by molar-refractivity contribution is 5.92. The normalized spacial score (nSPS) is 23.4. The Hall–Kier alpha value is -1.43. The summed E-state index contributed by atoms with van der Waals surface area (Å²) in [5, 5.41) is 2.68. The van der Waals surface area contributed by atoms with Crippen LogP contribution in [0.4, 0.5) is 0 Å². The maximum Gasteiger partial charge on any atom is 0.223 e. The number of nitrogens with two attached hydrogens (primary N) is 1.